The summed E-state index contributed by atoms with van der Waals surface area (Å²) in [6, 6.07) is 2.06. The summed E-state index contributed by atoms with van der Waals surface area (Å²) in [7, 11) is 3.27. The number of anilines is 1. The molecule has 0 amide bonds. The van der Waals surface area contributed by atoms with Crippen LogP contribution in [0.5, 0.6) is 0 Å². The van der Waals surface area contributed by atoms with Crippen molar-refractivity contribution in [3.63, 3.8) is 0 Å². The van der Waals surface area contributed by atoms with E-state index in [1.54, 1.807) is 31.5 Å². The lowest BCUT2D eigenvalue weighted by molar-refractivity contribution is 0.205. The summed E-state index contributed by atoms with van der Waals surface area (Å²) < 4.78 is 6.45. The van der Waals surface area contributed by atoms with Crippen molar-refractivity contribution in [2.45, 2.75) is 6.42 Å². The van der Waals surface area contributed by atoms with Crippen molar-refractivity contribution in [3.8, 4) is 6.07 Å². The summed E-state index contributed by atoms with van der Waals surface area (Å²) in [6.07, 6.45) is 3.52. The molecule has 17 heavy (non-hydrogen) atoms. The van der Waals surface area contributed by atoms with Gasteiger partial charge in [-0.15, -0.1) is 0 Å². The lowest BCUT2D eigenvalue weighted by Crippen LogP contribution is -2.35. The summed E-state index contributed by atoms with van der Waals surface area (Å²) in [5.74, 6) is 0.363. The quantitative estimate of drug-likeness (QED) is 0.703. The van der Waals surface area contributed by atoms with Crippen LogP contribution in [0.15, 0.2) is 17.2 Å². The molecule has 0 aliphatic heterocycles. The Labute approximate surface area is 100 Å². The summed E-state index contributed by atoms with van der Waals surface area (Å²) in [5, 5.41) is 8.60. The molecule has 1 rings (SSSR count). The number of rotatable bonds is 6. The number of methoxy groups -OCH3 is 1. The van der Waals surface area contributed by atoms with Crippen molar-refractivity contribution < 1.29 is 4.74 Å². The molecule has 0 saturated carbocycles. The lowest BCUT2D eigenvalue weighted by atomic mass is 10.4. The van der Waals surface area contributed by atoms with Crippen molar-refractivity contribution in [1.82, 2.24) is 9.55 Å². The normalized spacial score (nSPS) is 9.94. The SMILES string of the molecule is COCCN(CCC#N)c1nccn(C)c1=O. The minimum atomic E-state index is -0.165. The third-order valence-corrected chi connectivity index (χ3v) is 2.36. The van der Waals surface area contributed by atoms with E-state index in [2.05, 4.69) is 11.1 Å². The van der Waals surface area contributed by atoms with Crippen LogP contribution in [0.25, 0.3) is 0 Å². The van der Waals surface area contributed by atoms with Crippen LogP contribution in [0.3, 0.4) is 0 Å². The molecular weight excluding hydrogens is 220 g/mol. The van der Waals surface area contributed by atoms with Gasteiger partial charge in [0.1, 0.15) is 0 Å². The number of nitrogens with zero attached hydrogens (tertiary/aromatic N) is 4. The number of ether oxygens (including phenoxy) is 1. The van der Waals surface area contributed by atoms with Gasteiger partial charge in [-0.05, 0) is 0 Å². The Hall–Kier alpha value is -1.87. The van der Waals surface area contributed by atoms with Crippen LogP contribution in [0.2, 0.25) is 0 Å². The fourth-order valence-corrected chi connectivity index (χ4v) is 1.41. The van der Waals surface area contributed by atoms with E-state index in [0.29, 0.717) is 31.9 Å². The highest BCUT2D eigenvalue weighted by molar-refractivity contribution is 5.35. The van der Waals surface area contributed by atoms with Gasteiger partial charge < -0.3 is 14.2 Å². The van der Waals surface area contributed by atoms with Gasteiger partial charge in [0.25, 0.3) is 5.56 Å². The Bertz CT molecular complexity index is 450. The maximum Gasteiger partial charge on any atom is 0.293 e. The Balaban J connectivity index is 2.91. The van der Waals surface area contributed by atoms with Gasteiger partial charge in [0.15, 0.2) is 5.82 Å². The van der Waals surface area contributed by atoms with E-state index in [1.807, 2.05) is 0 Å². The van der Waals surface area contributed by atoms with Crippen molar-refractivity contribution in [2.75, 3.05) is 31.7 Å². The van der Waals surface area contributed by atoms with Gasteiger partial charge in [-0.3, -0.25) is 4.79 Å². The third kappa shape index (κ3) is 3.57. The number of hydrogen-bond donors (Lipinski definition) is 0. The Morgan fingerprint density at radius 1 is 1.59 bits per heavy atom. The first kappa shape index (κ1) is 13.2. The monoisotopic (exact) mass is 236 g/mol. The summed E-state index contributed by atoms with van der Waals surface area (Å²) in [4.78, 5) is 17.7. The van der Waals surface area contributed by atoms with Gasteiger partial charge in [0.05, 0.1) is 19.1 Å². The molecule has 1 aromatic rings. The van der Waals surface area contributed by atoms with Gasteiger partial charge in [-0.2, -0.15) is 5.26 Å². The van der Waals surface area contributed by atoms with E-state index in [4.69, 9.17) is 10.00 Å². The summed E-state index contributed by atoms with van der Waals surface area (Å²) in [5.41, 5.74) is -0.165. The van der Waals surface area contributed by atoms with Crippen LogP contribution in [0.1, 0.15) is 6.42 Å². The van der Waals surface area contributed by atoms with E-state index in [0.717, 1.165) is 0 Å². The van der Waals surface area contributed by atoms with E-state index >= 15 is 0 Å². The van der Waals surface area contributed by atoms with E-state index in [-0.39, 0.29) is 5.56 Å². The smallest absolute Gasteiger partial charge is 0.293 e. The van der Waals surface area contributed by atoms with Crippen molar-refractivity contribution in [1.29, 1.82) is 5.26 Å². The Morgan fingerprint density at radius 2 is 2.35 bits per heavy atom. The van der Waals surface area contributed by atoms with Gasteiger partial charge in [-0.1, -0.05) is 0 Å². The fourth-order valence-electron chi connectivity index (χ4n) is 1.41. The van der Waals surface area contributed by atoms with Crippen LogP contribution in [0, 0.1) is 11.3 Å². The zero-order chi connectivity index (χ0) is 12.7. The first-order chi connectivity index (χ1) is 8.20. The highest BCUT2D eigenvalue weighted by Crippen LogP contribution is 2.03. The molecule has 0 fully saturated rings. The van der Waals surface area contributed by atoms with Crippen LogP contribution in [-0.2, 0) is 11.8 Å². The van der Waals surface area contributed by atoms with E-state index in [9.17, 15) is 4.79 Å². The fraction of sp³-hybridized carbons (Fsp3) is 0.545. The van der Waals surface area contributed by atoms with Gasteiger partial charge in [0, 0.05) is 39.6 Å². The minimum absolute atomic E-state index is 0.165. The molecule has 0 aliphatic rings. The van der Waals surface area contributed by atoms with E-state index < -0.39 is 0 Å². The molecule has 6 nitrogen and oxygen atoms in total. The van der Waals surface area contributed by atoms with Crippen LogP contribution >= 0.6 is 0 Å². The molecule has 6 heteroatoms. The predicted molar refractivity (Wildman–Crippen MR) is 63.8 cm³/mol. The van der Waals surface area contributed by atoms with Crippen LogP contribution in [0.4, 0.5) is 5.82 Å². The molecule has 0 bridgehead atoms. The highest BCUT2D eigenvalue weighted by atomic mass is 16.5. The second-order valence-electron chi connectivity index (χ2n) is 3.55. The molecule has 92 valence electrons. The first-order valence-electron chi connectivity index (χ1n) is 5.33. The van der Waals surface area contributed by atoms with Gasteiger partial charge in [0.2, 0.25) is 0 Å². The number of aryl methyl sites for hydroxylation is 1. The van der Waals surface area contributed by atoms with Gasteiger partial charge >= 0.3 is 0 Å². The molecule has 0 atom stereocenters. The standard InChI is InChI=1S/C11H16N4O2/c1-14-7-5-13-10(11(14)16)15(6-3-4-12)8-9-17-2/h5,7H,3,6,8-9H2,1-2H3. The molecule has 1 aromatic heterocycles. The molecule has 0 saturated heterocycles. The minimum Gasteiger partial charge on any atom is -0.383 e. The maximum absolute atomic E-state index is 11.9. The molecule has 0 radical (unpaired) electrons. The Morgan fingerprint density at radius 3 is 3.00 bits per heavy atom. The number of nitriles is 1. The van der Waals surface area contributed by atoms with Crippen LogP contribution < -0.4 is 10.5 Å². The number of hydrogen-bond acceptors (Lipinski definition) is 5. The maximum atomic E-state index is 11.9. The van der Waals surface area contributed by atoms with Crippen LogP contribution in [-0.4, -0.2) is 36.4 Å². The molecule has 1 heterocycles. The lowest BCUT2D eigenvalue weighted by Gasteiger charge is -2.21. The Kier molecular flexibility index (Phi) is 5.17. The zero-order valence-electron chi connectivity index (χ0n) is 10.1. The summed E-state index contributed by atoms with van der Waals surface area (Å²) in [6.45, 7) is 1.52. The average molecular weight is 236 g/mol. The zero-order valence-corrected chi connectivity index (χ0v) is 10.1. The molecule has 0 N–H and O–H groups in total. The predicted octanol–water partition coefficient (Wildman–Crippen LogP) is 0.147. The second kappa shape index (κ2) is 6.66. The molecular formula is C11H16N4O2. The largest absolute Gasteiger partial charge is 0.383 e. The molecule has 0 aliphatic carbocycles. The van der Waals surface area contributed by atoms with Crippen molar-refractivity contribution >= 4 is 5.82 Å². The molecule has 0 spiro atoms. The van der Waals surface area contributed by atoms with Crippen molar-refractivity contribution in [3.05, 3.63) is 22.7 Å². The average Bonchev–Trinajstić information content (AvgIpc) is 2.34. The first-order valence-corrected chi connectivity index (χ1v) is 5.33. The number of aromatic nitrogens is 2. The van der Waals surface area contributed by atoms with Gasteiger partial charge in [-0.25, -0.2) is 4.98 Å². The molecule has 0 aromatic carbocycles. The second-order valence-corrected chi connectivity index (χ2v) is 3.55. The highest BCUT2D eigenvalue weighted by Gasteiger charge is 2.12. The summed E-state index contributed by atoms with van der Waals surface area (Å²) >= 11 is 0. The molecule has 0 unspecified atom stereocenters. The third-order valence-electron chi connectivity index (χ3n) is 2.36. The van der Waals surface area contributed by atoms with E-state index in [1.165, 1.54) is 4.57 Å². The topological polar surface area (TPSA) is 71.2 Å². The van der Waals surface area contributed by atoms with Crippen molar-refractivity contribution in [2.24, 2.45) is 7.05 Å².